The second-order valence-electron chi connectivity index (χ2n) is 2.43. The van der Waals surface area contributed by atoms with Crippen LogP contribution in [-0.4, -0.2) is 18.9 Å². The molecule has 1 aliphatic heterocycles. The largest absolute Gasteiger partial charge is 0.345 e. The van der Waals surface area contributed by atoms with Crippen molar-refractivity contribution in [2.24, 2.45) is 0 Å². The fourth-order valence-corrected chi connectivity index (χ4v) is 0.902. The predicted octanol–water partition coefficient (Wildman–Crippen LogP) is 0.625. The molecule has 0 spiro atoms. The van der Waals surface area contributed by atoms with E-state index in [1.165, 1.54) is 0 Å². The molecule has 0 aromatic heterocycles. The molecule has 3 heteroatoms. The van der Waals surface area contributed by atoms with E-state index in [2.05, 4.69) is 12.2 Å². The highest BCUT2D eigenvalue weighted by Crippen LogP contribution is 2.16. The number of nitriles is 1. The topological polar surface area (TPSA) is 45.0 Å². The van der Waals surface area contributed by atoms with Crippen molar-refractivity contribution in [1.29, 1.82) is 5.26 Å². The highest BCUT2D eigenvalue weighted by atomic mass is 16.5. The number of rotatable bonds is 3. The Labute approximate surface area is 61.0 Å². The molecule has 0 aromatic carbocycles. The Hall–Kier alpha value is -0.590. The smallest absolute Gasteiger partial charge is 0.149 e. The van der Waals surface area contributed by atoms with Crippen LogP contribution in [0.2, 0.25) is 0 Å². The summed E-state index contributed by atoms with van der Waals surface area (Å²) < 4.78 is 5.12. The summed E-state index contributed by atoms with van der Waals surface area (Å²) in [7, 11) is 0. The van der Waals surface area contributed by atoms with E-state index in [0.29, 0.717) is 0 Å². The standard InChI is InChI=1S/C7H12N2O/c1-2-3-9-7-4-6(5-8)10-7/h6-7,9H,2-4H2,1H3. The van der Waals surface area contributed by atoms with Crippen molar-refractivity contribution in [1.82, 2.24) is 5.32 Å². The van der Waals surface area contributed by atoms with Gasteiger partial charge in [-0.1, -0.05) is 6.92 Å². The van der Waals surface area contributed by atoms with Crippen molar-refractivity contribution >= 4 is 0 Å². The molecule has 0 amide bonds. The molecule has 2 unspecified atom stereocenters. The SMILES string of the molecule is CCCNC1CC(C#N)O1. The van der Waals surface area contributed by atoms with Crippen LogP contribution in [0.25, 0.3) is 0 Å². The Morgan fingerprint density at radius 3 is 3.00 bits per heavy atom. The first-order chi connectivity index (χ1) is 4.86. The lowest BCUT2D eigenvalue weighted by Crippen LogP contribution is -2.46. The maximum absolute atomic E-state index is 8.33. The van der Waals surface area contributed by atoms with Gasteiger partial charge < -0.3 is 4.74 Å². The third kappa shape index (κ3) is 1.69. The molecule has 1 saturated heterocycles. The van der Waals surface area contributed by atoms with Gasteiger partial charge >= 0.3 is 0 Å². The molecule has 0 aliphatic carbocycles. The van der Waals surface area contributed by atoms with Crippen molar-refractivity contribution < 1.29 is 4.74 Å². The van der Waals surface area contributed by atoms with Crippen LogP contribution in [0.15, 0.2) is 0 Å². The maximum Gasteiger partial charge on any atom is 0.149 e. The minimum Gasteiger partial charge on any atom is -0.345 e. The summed E-state index contributed by atoms with van der Waals surface area (Å²) in [6.07, 6.45) is 1.94. The van der Waals surface area contributed by atoms with Crippen LogP contribution in [-0.2, 0) is 4.74 Å². The van der Waals surface area contributed by atoms with E-state index in [4.69, 9.17) is 10.00 Å². The first-order valence-corrected chi connectivity index (χ1v) is 3.65. The van der Waals surface area contributed by atoms with Gasteiger partial charge in [-0.3, -0.25) is 5.32 Å². The molecule has 1 rings (SSSR count). The van der Waals surface area contributed by atoms with Crippen LogP contribution in [0.5, 0.6) is 0 Å². The van der Waals surface area contributed by atoms with Crippen molar-refractivity contribution in [3.8, 4) is 6.07 Å². The summed E-state index contributed by atoms with van der Waals surface area (Å²) in [6.45, 7) is 3.08. The minimum atomic E-state index is -0.158. The molecule has 1 N–H and O–H groups in total. The molecule has 2 atom stereocenters. The summed E-state index contributed by atoms with van der Waals surface area (Å²) in [4.78, 5) is 0. The van der Waals surface area contributed by atoms with E-state index >= 15 is 0 Å². The Bertz CT molecular complexity index is 135. The molecule has 0 aromatic rings. The zero-order valence-electron chi connectivity index (χ0n) is 6.13. The summed E-state index contributed by atoms with van der Waals surface area (Å²) in [5, 5.41) is 11.5. The van der Waals surface area contributed by atoms with Crippen LogP contribution in [0.1, 0.15) is 19.8 Å². The quantitative estimate of drug-likeness (QED) is 0.625. The molecule has 1 aliphatic rings. The fraction of sp³-hybridized carbons (Fsp3) is 0.857. The number of ether oxygens (including phenoxy) is 1. The summed E-state index contributed by atoms with van der Waals surface area (Å²) in [5.41, 5.74) is 0. The maximum atomic E-state index is 8.33. The number of hydrogen-bond acceptors (Lipinski definition) is 3. The van der Waals surface area contributed by atoms with E-state index in [1.807, 2.05) is 6.07 Å². The van der Waals surface area contributed by atoms with Crippen molar-refractivity contribution in [3.05, 3.63) is 0 Å². The first kappa shape index (κ1) is 7.52. The summed E-state index contributed by atoms with van der Waals surface area (Å²) in [6, 6.07) is 2.05. The molecule has 0 bridgehead atoms. The van der Waals surface area contributed by atoms with Crippen LogP contribution in [0, 0.1) is 11.3 Å². The van der Waals surface area contributed by atoms with E-state index in [1.54, 1.807) is 0 Å². The zero-order chi connectivity index (χ0) is 7.40. The lowest BCUT2D eigenvalue weighted by molar-refractivity contribution is -0.110. The Balaban J connectivity index is 1.99. The highest BCUT2D eigenvalue weighted by molar-refractivity contribution is 4.92. The molecule has 0 radical (unpaired) electrons. The fourth-order valence-electron chi connectivity index (χ4n) is 0.902. The summed E-state index contributed by atoms with van der Waals surface area (Å²) >= 11 is 0. The number of nitrogens with one attached hydrogen (secondary N) is 1. The first-order valence-electron chi connectivity index (χ1n) is 3.65. The van der Waals surface area contributed by atoms with Crippen LogP contribution in [0.4, 0.5) is 0 Å². The van der Waals surface area contributed by atoms with Gasteiger partial charge in [0.2, 0.25) is 0 Å². The molecule has 0 saturated carbocycles. The lowest BCUT2D eigenvalue weighted by atomic mass is 10.1. The molecule has 10 heavy (non-hydrogen) atoms. The zero-order valence-corrected chi connectivity index (χ0v) is 6.13. The van der Waals surface area contributed by atoms with E-state index in [-0.39, 0.29) is 12.3 Å². The molecular formula is C7H12N2O. The lowest BCUT2D eigenvalue weighted by Gasteiger charge is -2.31. The van der Waals surface area contributed by atoms with Crippen LogP contribution < -0.4 is 5.32 Å². The molecule has 1 fully saturated rings. The van der Waals surface area contributed by atoms with Gasteiger partial charge in [0.05, 0.1) is 6.07 Å². The van der Waals surface area contributed by atoms with E-state index < -0.39 is 0 Å². The summed E-state index contributed by atoms with van der Waals surface area (Å²) in [5.74, 6) is 0. The van der Waals surface area contributed by atoms with Gasteiger partial charge in [-0.15, -0.1) is 0 Å². The Morgan fingerprint density at radius 1 is 1.80 bits per heavy atom. The Morgan fingerprint density at radius 2 is 2.50 bits per heavy atom. The van der Waals surface area contributed by atoms with Crippen molar-refractivity contribution in [3.63, 3.8) is 0 Å². The van der Waals surface area contributed by atoms with Gasteiger partial charge in [0.25, 0.3) is 0 Å². The highest BCUT2D eigenvalue weighted by Gasteiger charge is 2.28. The van der Waals surface area contributed by atoms with E-state index in [9.17, 15) is 0 Å². The second kappa shape index (κ2) is 3.55. The van der Waals surface area contributed by atoms with Gasteiger partial charge in [0.1, 0.15) is 12.3 Å². The van der Waals surface area contributed by atoms with Crippen LogP contribution >= 0.6 is 0 Å². The molecular weight excluding hydrogens is 128 g/mol. The third-order valence-corrected chi connectivity index (χ3v) is 1.52. The average molecular weight is 140 g/mol. The normalized spacial score (nSPS) is 30.8. The minimum absolute atomic E-state index is 0.143. The third-order valence-electron chi connectivity index (χ3n) is 1.52. The molecule has 1 heterocycles. The molecule has 56 valence electrons. The number of hydrogen-bond donors (Lipinski definition) is 1. The molecule has 3 nitrogen and oxygen atoms in total. The van der Waals surface area contributed by atoms with Gasteiger partial charge in [0.15, 0.2) is 0 Å². The van der Waals surface area contributed by atoms with Crippen molar-refractivity contribution in [2.45, 2.75) is 32.1 Å². The second-order valence-corrected chi connectivity index (χ2v) is 2.43. The van der Waals surface area contributed by atoms with Gasteiger partial charge in [-0.25, -0.2) is 0 Å². The Kier molecular flexibility index (Phi) is 2.67. The van der Waals surface area contributed by atoms with Gasteiger partial charge in [0, 0.05) is 6.42 Å². The van der Waals surface area contributed by atoms with E-state index in [0.717, 1.165) is 19.4 Å². The number of nitrogens with zero attached hydrogens (tertiary/aromatic N) is 1. The van der Waals surface area contributed by atoms with Crippen LogP contribution in [0.3, 0.4) is 0 Å². The van der Waals surface area contributed by atoms with Gasteiger partial charge in [-0.05, 0) is 13.0 Å². The monoisotopic (exact) mass is 140 g/mol. The van der Waals surface area contributed by atoms with Crippen molar-refractivity contribution in [2.75, 3.05) is 6.54 Å². The van der Waals surface area contributed by atoms with Gasteiger partial charge in [-0.2, -0.15) is 5.26 Å². The predicted molar refractivity (Wildman–Crippen MR) is 37.2 cm³/mol. The average Bonchev–Trinajstić information content (AvgIpc) is 1.86.